The number of nitrogens with two attached hydrogens (primary N) is 1. The van der Waals surface area contributed by atoms with Gasteiger partial charge in [-0.2, -0.15) is 0 Å². The van der Waals surface area contributed by atoms with Gasteiger partial charge in [-0.1, -0.05) is 18.2 Å². The zero-order chi connectivity index (χ0) is 9.52. The monoisotopic (exact) mass is 181 g/mol. The summed E-state index contributed by atoms with van der Waals surface area (Å²) in [6, 6.07) is 8.79. The highest BCUT2D eigenvalue weighted by Crippen LogP contribution is 2.01. The Hall–Kier alpha value is -1.79. The maximum absolute atomic E-state index is 10.6. The third kappa shape index (κ3) is 3.41. The van der Waals surface area contributed by atoms with E-state index in [1.807, 2.05) is 35.8 Å². The molecule has 0 spiro atoms. The molecule has 1 aromatic carbocycles. The Labute approximate surface area is 75.4 Å². The van der Waals surface area contributed by atoms with Gasteiger partial charge in [-0.25, -0.2) is 10.6 Å². The molecule has 0 saturated carbocycles. The van der Waals surface area contributed by atoms with Crippen LogP contribution in [0.1, 0.15) is 0 Å². The van der Waals surface area contributed by atoms with Crippen LogP contribution in [0.15, 0.2) is 30.3 Å². The van der Waals surface area contributed by atoms with Gasteiger partial charge in [0, 0.05) is 0 Å². The van der Waals surface area contributed by atoms with Crippen LogP contribution in [0.25, 0.3) is 0 Å². The first-order chi connectivity index (χ1) is 6.33. The zero-order valence-corrected chi connectivity index (χ0v) is 6.87. The van der Waals surface area contributed by atoms with Crippen molar-refractivity contribution in [3.05, 3.63) is 30.3 Å². The average Bonchev–Trinajstić information content (AvgIpc) is 2.19. The number of carbonyl (C=O) groups is 1. The summed E-state index contributed by atoms with van der Waals surface area (Å²) in [7, 11) is 0. The lowest BCUT2D eigenvalue weighted by Crippen LogP contribution is -2.48. The number of hydrazine groups is 3. The number of urea groups is 1. The molecular formula is C7H11N5O. The summed E-state index contributed by atoms with van der Waals surface area (Å²) < 4.78 is 0. The summed E-state index contributed by atoms with van der Waals surface area (Å²) in [5, 5.41) is 0. The molecule has 0 unspecified atom stereocenters. The highest BCUT2D eigenvalue weighted by Gasteiger charge is 1.92. The number of hydrogen-bond acceptors (Lipinski definition) is 4. The fourth-order valence-electron chi connectivity index (χ4n) is 0.718. The molecule has 0 fully saturated rings. The average molecular weight is 181 g/mol. The molecule has 0 aliphatic heterocycles. The SMILES string of the molecule is NNC(=O)NNNc1ccccc1. The topological polar surface area (TPSA) is 91.2 Å². The van der Waals surface area contributed by atoms with E-state index >= 15 is 0 Å². The predicted molar refractivity (Wildman–Crippen MR) is 49.1 cm³/mol. The third-order valence-electron chi connectivity index (χ3n) is 1.29. The predicted octanol–water partition coefficient (Wildman–Crippen LogP) is -0.309. The molecule has 1 aromatic rings. The van der Waals surface area contributed by atoms with E-state index in [2.05, 4.69) is 16.4 Å². The van der Waals surface area contributed by atoms with Crippen molar-refractivity contribution < 1.29 is 4.79 Å². The van der Waals surface area contributed by atoms with Crippen molar-refractivity contribution in [1.29, 1.82) is 0 Å². The van der Waals surface area contributed by atoms with E-state index in [0.29, 0.717) is 0 Å². The van der Waals surface area contributed by atoms with E-state index in [4.69, 9.17) is 5.84 Å². The minimum absolute atomic E-state index is 0.525. The van der Waals surface area contributed by atoms with Crippen LogP contribution in [0.4, 0.5) is 10.5 Å². The first kappa shape index (κ1) is 9.30. The van der Waals surface area contributed by atoms with Gasteiger partial charge in [0.25, 0.3) is 0 Å². The number of anilines is 1. The molecule has 0 aliphatic carbocycles. The molecule has 0 aliphatic rings. The Morgan fingerprint density at radius 2 is 1.92 bits per heavy atom. The van der Waals surface area contributed by atoms with Gasteiger partial charge < -0.3 is 5.43 Å². The second kappa shape index (κ2) is 4.96. The standard InChI is InChI=1S/C7H11N5O/c8-9-7(13)11-12-10-6-4-2-1-3-5-6/h1-5,10,12H,8H2,(H2,9,11,13). The molecule has 13 heavy (non-hydrogen) atoms. The lowest BCUT2D eigenvalue weighted by atomic mass is 10.3. The van der Waals surface area contributed by atoms with E-state index in [9.17, 15) is 4.79 Å². The highest BCUT2D eigenvalue weighted by molar-refractivity contribution is 5.72. The number of nitrogens with one attached hydrogen (secondary N) is 4. The van der Waals surface area contributed by atoms with Crippen LogP contribution in [0, 0.1) is 0 Å². The minimum atomic E-state index is -0.525. The van der Waals surface area contributed by atoms with Crippen molar-refractivity contribution in [3.63, 3.8) is 0 Å². The van der Waals surface area contributed by atoms with Crippen LogP contribution in [0.5, 0.6) is 0 Å². The van der Waals surface area contributed by atoms with Crippen molar-refractivity contribution in [3.8, 4) is 0 Å². The fraction of sp³-hybridized carbons (Fsp3) is 0. The Bertz CT molecular complexity index is 263. The van der Waals surface area contributed by atoms with E-state index in [1.165, 1.54) is 0 Å². The number of amides is 2. The first-order valence-corrected chi connectivity index (χ1v) is 3.65. The molecule has 2 amide bonds. The minimum Gasteiger partial charge on any atom is -0.304 e. The van der Waals surface area contributed by atoms with E-state index < -0.39 is 6.03 Å². The van der Waals surface area contributed by atoms with Crippen molar-refractivity contribution in [2.45, 2.75) is 0 Å². The van der Waals surface area contributed by atoms with E-state index in [1.54, 1.807) is 0 Å². The number of benzene rings is 1. The van der Waals surface area contributed by atoms with Crippen LogP contribution in [-0.4, -0.2) is 6.03 Å². The van der Waals surface area contributed by atoms with Crippen LogP contribution in [0.2, 0.25) is 0 Å². The smallest absolute Gasteiger partial charge is 0.304 e. The van der Waals surface area contributed by atoms with Gasteiger partial charge in [0.1, 0.15) is 0 Å². The molecule has 1 rings (SSSR count). The summed E-state index contributed by atoms with van der Waals surface area (Å²) in [6.45, 7) is 0. The molecule has 0 radical (unpaired) electrons. The van der Waals surface area contributed by atoms with Gasteiger partial charge >= 0.3 is 6.03 Å². The highest BCUT2D eigenvalue weighted by atomic mass is 16.2. The molecule has 0 saturated heterocycles. The molecule has 70 valence electrons. The third-order valence-corrected chi connectivity index (χ3v) is 1.29. The van der Waals surface area contributed by atoms with Gasteiger partial charge in [0.2, 0.25) is 0 Å². The van der Waals surface area contributed by atoms with Crippen LogP contribution in [0.3, 0.4) is 0 Å². The molecule has 6 N–H and O–H groups in total. The van der Waals surface area contributed by atoms with Gasteiger partial charge in [-0.15, -0.1) is 5.53 Å². The quantitative estimate of drug-likeness (QED) is 0.251. The molecule has 0 bridgehead atoms. The zero-order valence-electron chi connectivity index (χ0n) is 6.87. The summed E-state index contributed by atoms with van der Waals surface area (Å²) >= 11 is 0. The molecule has 0 atom stereocenters. The number of hydrogen-bond donors (Lipinski definition) is 5. The molecule has 0 aromatic heterocycles. The van der Waals surface area contributed by atoms with Crippen molar-refractivity contribution in [2.24, 2.45) is 5.84 Å². The number of carbonyl (C=O) groups excluding carboxylic acids is 1. The first-order valence-electron chi connectivity index (χ1n) is 3.65. The Morgan fingerprint density at radius 1 is 1.23 bits per heavy atom. The lowest BCUT2D eigenvalue weighted by Gasteiger charge is -2.08. The lowest BCUT2D eigenvalue weighted by molar-refractivity contribution is 0.238. The Kier molecular flexibility index (Phi) is 3.55. The summed E-state index contributed by atoms with van der Waals surface area (Å²) in [4.78, 5) is 10.6. The maximum Gasteiger partial charge on any atom is 0.344 e. The molecule has 6 heteroatoms. The van der Waals surface area contributed by atoms with Gasteiger partial charge in [0.15, 0.2) is 0 Å². The van der Waals surface area contributed by atoms with Crippen LogP contribution < -0.4 is 27.7 Å². The maximum atomic E-state index is 10.6. The van der Waals surface area contributed by atoms with E-state index in [-0.39, 0.29) is 0 Å². The van der Waals surface area contributed by atoms with Crippen LogP contribution in [-0.2, 0) is 0 Å². The number of rotatable bonds is 3. The van der Waals surface area contributed by atoms with Crippen molar-refractivity contribution >= 4 is 11.7 Å². The van der Waals surface area contributed by atoms with Gasteiger partial charge in [-0.05, 0) is 12.1 Å². The molecule has 0 heterocycles. The normalized spacial score (nSPS) is 9.00. The second-order valence-electron chi connectivity index (χ2n) is 2.21. The fourth-order valence-corrected chi connectivity index (χ4v) is 0.718. The molecule has 6 nitrogen and oxygen atoms in total. The second-order valence-corrected chi connectivity index (χ2v) is 2.21. The Morgan fingerprint density at radius 3 is 2.54 bits per heavy atom. The van der Waals surface area contributed by atoms with Crippen LogP contribution >= 0.6 is 0 Å². The molecular weight excluding hydrogens is 170 g/mol. The van der Waals surface area contributed by atoms with Crippen molar-refractivity contribution in [2.75, 3.05) is 5.43 Å². The van der Waals surface area contributed by atoms with Crippen molar-refractivity contribution in [1.82, 2.24) is 16.4 Å². The van der Waals surface area contributed by atoms with Gasteiger partial charge in [-0.3, -0.25) is 10.9 Å². The Balaban J connectivity index is 2.24. The summed E-state index contributed by atoms with van der Waals surface area (Å²) in [5.74, 6) is 4.82. The number of para-hydroxylation sites is 1. The van der Waals surface area contributed by atoms with Gasteiger partial charge in [0.05, 0.1) is 5.69 Å². The summed E-state index contributed by atoms with van der Waals surface area (Å²) in [5.41, 5.74) is 10.2. The largest absolute Gasteiger partial charge is 0.344 e. The summed E-state index contributed by atoms with van der Waals surface area (Å²) in [6.07, 6.45) is 0. The van der Waals surface area contributed by atoms with E-state index in [0.717, 1.165) is 5.69 Å².